The fourth-order valence-electron chi connectivity index (χ4n) is 1.43. The van der Waals surface area contributed by atoms with Crippen molar-refractivity contribution >= 4 is 0 Å². The summed E-state index contributed by atoms with van der Waals surface area (Å²) in [6.07, 6.45) is 0.908. The minimum Gasteiger partial charge on any atom is -0.371 e. The van der Waals surface area contributed by atoms with Crippen LogP contribution in [0.2, 0.25) is 0 Å². The van der Waals surface area contributed by atoms with Crippen LogP contribution in [0.15, 0.2) is 18.2 Å². The maximum Gasteiger partial charge on any atom is 0.128 e. The van der Waals surface area contributed by atoms with Crippen molar-refractivity contribution in [1.29, 1.82) is 0 Å². The van der Waals surface area contributed by atoms with Crippen molar-refractivity contribution in [3.05, 3.63) is 35.1 Å². The number of hydrogen-bond donors (Lipinski definition) is 1. The first kappa shape index (κ1) is 14.1. The molecule has 0 atom stereocenters. The van der Waals surface area contributed by atoms with Gasteiger partial charge in [-0.3, -0.25) is 0 Å². The van der Waals surface area contributed by atoms with Crippen molar-refractivity contribution in [2.45, 2.75) is 45.9 Å². The first-order valence-corrected chi connectivity index (χ1v) is 6.04. The molecule has 0 aliphatic carbocycles. The van der Waals surface area contributed by atoms with E-state index in [0.717, 1.165) is 18.5 Å². The number of nitrogens with one attached hydrogen (secondary N) is 1. The SMILES string of the molecule is CCC(C)(C)OCc1cc(CNC)ccc1F. The zero-order chi connectivity index (χ0) is 12.9. The Kier molecular flexibility index (Phi) is 5.09. The number of ether oxygens (including phenoxy) is 1. The molecule has 1 rings (SSSR count). The molecule has 0 aliphatic rings. The average Bonchev–Trinajstić information content (AvgIpc) is 2.30. The second kappa shape index (κ2) is 6.12. The van der Waals surface area contributed by atoms with Gasteiger partial charge in [0.2, 0.25) is 0 Å². The summed E-state index contributed by atoms with van der Waals surface area (Å²) in [4.78, 5) is 0. The standard InChI is InChI=1S/C14H22FNO/c1-5-14(2,3)17-10-12-8-11(9-16-4)6-7-13(12)15/h6-8,16H,5,9-10H2,1-4H3. The molecule has 0 fully saturated rings. The summed E-state index contributed by atoms with van der Waals surface area (Å²) in [5.74, 6) is -0.197. The molecule has 1 aromatic carbocycles. The lowest BCUT2D eigenvalue weighted by Gasteiger charge is -2.23. The average molecular weight is 239 g/mol. The molecule has 2 nitrogen and oxygen atoms in total. The van der Waals surface area contributed by atoms with E-state index >= 15 is 0 Å². The Morgan fingerprint density at radius 2 is 2.06 bits per heavy atom. The van der Waals surface area contributed by atoms with Gasteiger partial charge in [-0.05, 0) is 45.0 Å². The van der Waals surface area contributed by atoms with E-state index in [4.69, 9.17) is 4.74 Å². The first-order chi connectivity index (χ1) is 7.98. The van der Waals surface area contributed by atoms with Crippen LogP contribution < -0.4 is 5.32 Å². The Bertz CT molecular complexity index is 363. The highest BCUT2D eigenvalue weighted by molar-refractivity contribution is 5.24. The van der Waals surface area contributed by atoms with E-state index in [1.807, 2.05) is 27.0 Å². The van der Waals surface area contributed by atoms with E-state index in [0.29, 0.717) is 12.2 Å². The van der Waals surface area contributed by atoms with Gasteiger partial charge in [-0.2, -0.15) is 0 Å². The second-order valence-corrected chi connectivity index (χ2v) is 4.86. The molecule has 0 bridgehead atoms. The minimum absolute atomic E-state index is 0.197. The highest BCUT2D eigenvalue weighted by Crippen LogP contribution is 2.18. The van der Waals surface area contributed by atoms with Gasteiger partial charge in [-0.15, -0.1) is 0 Å². The molecule has 1 N–H and O–H groups in total. The van der Waals surface area contributed by atoms with Gasteiger partial charge >= 0.3 is 0 Å². The number of halogens is 1. The Balaban J connectivity index is 2.72. The predicted octanol–water partition coefficient (Wildman–Crippen LogP) is 3.25. The van der Waals surface area contributed by atoms with Gasteiger partial charge in [0.1, 0.15) is 5.82 Å². The summed E-state index contributed by atoms with van der Waals surface area (Å²) >= 11 is 0. The molecule has 1 aromatic rings. The van der Waals surface area contributed by atoms with Gasteiger partial charge < -0.3 is 10.1 Å². The minimum atomic E-state index is -0.203. The molecule has 0 amide bonds. The third-order valence-corrected chi connectivity index (χ3v) is 2.96. The molecule has 0 saturated carbocycles. The molecule has 0 aliphatic heterocycles. The summed E-state index contributed by atoms with van der Waals surface area (Å²) in [6.45, 7) is 7.16. The van der Waals surface area contributed by atoms with E-state index in [-0.39, 0.29) is 11.4 Å². The summed E-state index contributed by atoms with van der Waals surface area (Å²) in [5, 5.41) is 3.05. The van der Waals surface area contributed by atoms with E-state index in [9.17, 15) is 4.39 Å². The molecule has 0 aromatic heterocycles. The molecule has 0 heterocycles. The molecule has 0 radical (unpaired) electrons. The topological polar surface area (TPSA) is 21.3 Å². The van der Waals surface area contributed by atoms with E-state index < -0.39 is 0 Å². The lowest BCUT2D eigenvalue weighted by Crippen LogP contribution is -2.23. The number of benzene rings is 1. The van der Waals surface area contributed by atoms with Crippen molar-refractivity contribution in [2.75, 3.05) is 7.05 Å². The Hall–Kier alpha value is -0.930. The Morgan fingerprint density at radius 1 is 1.35 bits per heavy atom. The summed E-state index contributed by atoms with van der Waals surface area (Å²) < 4.78 is 19.3. The van der Waals surface area contributed by atoms with E-state index in [2.05, 4.69) is 12.2 Å². The normalized spacial score (nSPS) is 11.8. The van der Waals surface area contributed by atoms with Crippen molar-refractivity contribution < 1.29 is 9.13 Å². The van der Waals surface area contributed by atoms with Crippen LogP contribution >= 0.6 is 0 Å². The molecular weight excluding hydrogens is 217 g/mol. The highest BCUT2D eigenvalue weighted by atomic mass is 19.1. The van der Waals surface area contributed by atoms with Crippen LogP contribution in [0.3, 0.4) is 0 Å². The predicted molar refractivity (Wildman–Crippen MR) is 68.3 cm³/mol. The van der Waals surface area contributed by atoms with E-state index in [1.165, 1.54) is 6.07 Å². The van der Waals surface area contributed by atoms with Gasteiger partial charge in [-0.25, -0.2) is 4.39 Å². The van der Waals surface area contributed by atoms with Gasteiger partial charge in [0, 0.05) is 12.1 Å². The maximum absolute atomic E-state index is 13.6. The van der Waals surface area contributed by atoms with Crippen LogP contribution in [-0.2, 0) is 17.9 Å². The quantitative estimate of drug-likeness (QED) is 0.822. The van der Waals surface area contributed by atoms with Crippen molar-refractivity contribution in [3.8, 4) is 0 Å². The monoisotopic (exact) mass is 239 g/mol. The zero-order valence-corrected chi connectivity index (χ0v) is 11.1. The van der Waals surface area contributed by atoms with E-state index in [1.54, 1.807) is 6.07 Å². The van der Waals surface area contributed by atoms with Crippen LogP contribution in [0.5, 0.6) is 0 Å². The molecule has 0 saturated heterocycles. The lowest BCUT2D eigenvalue weighted by molar-refractivity contribution is -0.0326. The Morgan fingerprint density at radius 3 is 2.65 bits per heavy atom. The third-order valence-electron chi connectivity index (χ3n) is 2.96. The summed E-state index contributed by atoms with van der Waals surface area (Å²) in [6, 6.07) is 5.15. The summed E-state index contributed by atoms with van der Waals surface area (Å²) in [5.41, 5.74) is 1.49. The van der Waals surface area contributed by atoms with Crippen molar-refractivity contribution in [1.82, 2.24) is 5.32 Å². The van der Waals surface area contributed by atoms with Gasteiger partial charge in [-0.1, -0.05) is 13.0 Å². The van der Waals surface area contributed by atoms with Crippen LogP contribution in [0, 0.1) is 5.82 Å². The molecule has 0 spiro atoms. The van der Waals surface area contributed by atoms with Crippen molar-refractivity contribution in [2.24, 2.45) is 0 Å². The number of hydrogen-bond acceptors (Lipinski definition) is 2. The second-order valence-electron chi connectivity index (χ2n) is 4.86. The Labute approximate surface area is 103 Å². The maximum atomic E-state index is 13.6. The number of rotatable bonds is 6. The van der Waals surface area contributed by atoms with Crippen molar-refractivity contribution in [3.63, 3.8) is 0 Å². The van der Waals surface area contributed by atoms with Crippen LogP contribution in [0.1, 0.15) is 38.3 Å². The fraction of sp³-hybridized carbons (Fsp3) is 0.571. The van der Waals surface area contributed by atoms with Crippen LogP contribution in [0.25, 0.3) is 0 Å². The molecular formula is C14H22FNO. The molecule has 17 heavy (non-hydrogen) atoms. The lowest BCUT2D eigenvalue weighted by atomic mass is 10.1. The fourth-order valence-corrected chi connectivity index (χ4v) is 1.43. The zero-order valence-electron chi connectivity index (χ0n) is 11.1. The van der Waals surface area contributed by atoms with Gasteiger partial charge in [0.05, 0.1) is 12.2 Å². The summed E-state index contributed by atoms with van der Waals surface area (Å²) in [7, 11) is 1.87. The highest BCUT2D eigenvalue weighted by Gasteiger charge is 2.16. The molecule has 96 valence electrons. The van der Waals surface area contributed by atoms with Crippen LogP contribution in [0.4, 0.5) is 4.39 Å². The molecule has 3 heteroatoms. The van der Waals surface area contributed by atoms with Crippen LogP contribution in [-0.4, -0.2) is 12.6 Å². The first-order valence-electron chi connectivity index (χ1n) is 6.04. The smallest absolute Gasteiger partial charge is 0.128 e. The largest absolute Gasteiger partial charge is 0.371 e. The van der Waals surface area contributed by atoms with Gasteiger partial charge in [0.25, 0.3) is 0 Å². The third kappa shape index (κ3) is 4.44. The molecule has 0 unspecified atom stereocenters. The van der Waals surface area contributed by atoms with Gasteiger partial charge in [0.15, 0.2) is 0 Å².